The summed E-state index contributed by atoms with van der Waals surface area (Å²) in [5, 5.41) is 10.4. The van der Waals surface area contributed by atoms with Crippen LogP contribution in [-0.2, 0) is 6.54 Å². The standard InChI is InChI=1S/C8H11N5O2/c9-8(12-10)11-5-6-1-3-7(4-2-6)13(14)15/h1-4H,5,10H2,(H3,9,11,12). The van der Waals surface area contributed by atoms with Gasteiger partial charge in [0.1, 0.15) is 0 Å². The first-order valence-electron chi connectivity index (χ1n) is 4.13. The highest BCUT2D eigenvalue weighted by Gasteiger charge is 2.03. The van der Waals surface area contributed by atoms with Crippen LogP contribution in [0.3, 0.4) is 0 Å². The molecule has 80 valence electrons. The van der Waals surface area contributed by atoms with Crippen molar-refractivity contribution in [3.05, 3.63) is 39.9 Å². The molecule has 0 aliphatic carbocycles. The monoisotopic (exact) mass is 209 g/mol. The highest BCUT2D eigenvalue weighted by molar-refractivity contribution is 5.77. The number of nitrogens with two attached hydrogens (primary N) is 2. The highest BCUT2D eigenvalue weighted by Crippen LogP contribution is 2.12. The first kappa shape index (κ1) is 10.9. The molecule has 0 radical (unpaired) electrons. The van der Waals surface area contributed by atoms with Gasteiger partial charge in [0.05, 0.1) is 11.5 Å². The minimum Gasteiger partial charge on any atom is -0.369 e. The number of nitrogens with zero attached hydrogens (tertiary/aromatic N) is 2. The van der Waals surface area contributed by atoms with Crippen molar-refractivity contribution in [2.75, 3.05) is 0 Å². The SMILES string of the molecule is NNC(N)=NCc1ccc([N+](=O)[O-])cc1. The number of nitrogens with one attached hydrogen (secondary N) is 1. The van der Waals surface area contributed by atoms with E-state index in [1.807, 2.05) is 0 Å². The van der Waals surface area contributed by atoms with Crippen LogP contribution >= 0.6 is 0 Å². The molecule has 0 aromatic heterocycles. The number of hydrogen-bond donors (Lipinski definition) is 3. The highest BCUT2D eigenvalue weighted by atomic mass is 16.6. The van der Waals surface area contributed by atoms with Gasteiger partial charge in [-0.1, -0.05) is 12.1 Å². The van der Waals surface area contributed by atoms with Crippen molar-refractivity contribution < 1.29 is 4.92 Å². The van der Waals surface area contributed by atoms with Crippen LogP contribution in [0.5, 0.6) is 0 Å². The van der Waals surface area contributed by atoms with Crippen molar-refractivity contribution in [2.45, 2.75) is 6.54 Å². The van der Waals surface area contributed by atoms with Gasteiger partial charge in [-0.05, 0) is 5.56 Å². The predicted molar refractivity (Wildman–Crippen MR) is 55.7 cm³/mol. The van der Waals surface area contributed by atoms with Crippen LogP contribution < -0.4 is 17.0 Å². The second-order valence-corrected chi connectivity index (χ2v) is 2.77. The summed E-state index contributed by atoms with van der Waals surface area (Å²) in [5.74, 6) is 5.12. The van der Waals surface area contributed by atoms with Crippen LogP contribution in [0.1, 0.15) is 5.56 Å². The number of guanidine groups is 1. The van der Waals surface area contributed by atoms with E-state index in [0.717, 1.165) is 5.56 Å². The van der Waals surface area contributed by atoms with Crippen LogP contribution in [0.25, 0.3) is 0 Å². The Hall–Kier alpha value is -2.15. The van der Waals surface area contributed by atoms with Gasteiger partial charge < -0.3 is 5.73 Å². The average Bonchev–Trinajstić information content (AvgIpc) is 2.26. The lowest BCUT2D eigenvalue weighted by molar-refractivity contribution is -0.384. The maximum absolute atomic E-state index is 10.4. The summed E-state index contributed by atoms with van der Waals surface area (Å²) < 4.78 is 0. The summed E-state index contributed by atoms with van der Waals surface area (Å²) in [6.45, 7) is 0.327. The van der Waals surface area contributed by atoms with Crippen molar-refractivity contribution in [3.63, 3.8) is 0 Å². The van der Waals surface area contributed by atoms with Gasteiger partial charge in [-0.25, -0.2) is 10.8 Å². The fraction of sp³-hybridized carbons (Fsp3) is 0.125. The van der Waals surface area contributed by atoms with Gasteiger partial charge >= 0.3 is 0 Å². The molecule has 0 aliphatic rings. The van der Waals surface area contributed by atoms with Gasteiger partial charge in [-0.3, -0.25) is 15.5 Å². The number of non-ortho nitro benzene ring substituents is 1. The molecule has 5 N–H and O–H groups in total. The summed E-state index contributed by atoms with van der Waals surface area (Å²) in [4.78, 5) is 13.8. The smallest absolute Gasteiger partial charge is 0.269 e. The Morgan fingerprint density at radius 3 is 2.53 bits per heavy atom. The second-order valence-electron chi connectivity index (χ2n) is 2.77. The summed E-state index contributed by atoms with van der Waals surface area (Å²) >= 11 is 0. The summed E-state index contributed by atoms with van der Waals surface area (Å²) in [6.07, 6.45) is 0. The molecule has 0 spiro atoms. The largest absolute Gasteiger partial charge is 0.369 e. The van der Waals surface area contributed by atoms with E-state index >= 15 is 0 Å². The number of hydrogen-bond acceptors (Lipinski definition) is 4. The van der Waals surface area contributed by atoms with Crippen LogP contribution in [0, 0.1) is 10.1 Å². The Balaban J connectivity index is 2.69. The Morgan fingerprint density at radius 2 is 2.07 bits per heavy atom. The zero-order chi connectivity index (χ0) is 11.3. The van der Waals surface area contributed by atoms with Crippen molar-refractivity contribution >= 4 is 11.6 Å². The van der Waals surface area contributed by atoms with Crippen LogP contribution in [0.15, 0.2) is 29.3 Å². The van der Waals surface area contributed by atoms with E-state index < -0.39 is 4.92 Å². The summed E-state index contributed by atoms with van der Waals surface area (Å²) in [7, 11) is 0. The van der Waals surface area contributed by atoms with E-state index in [0.29, 0.717) is 6.54 Å². The Kier molecular flexibility index (Phi) is 3.58. The normalized spacial score (nSPS) is 11.1. The third-order valence-electron chi connectivity index (χ3n) is 1.73. The summed E-state index contributed by atoms with van der Waals surface area (Å²) in [5.41, 5.74) is 8.36. The van der Waals surface area contributed by atoms with E-state index in [-0.39, 0.29) is 11.6 Å². The predicted octanol–water partition coefficient (Wildman–Crippen LogP) is -0.127. The molecule has 1 rings (SSSR count). The lowest BCUT2D eigenvalue weighted by atomic mass is 10.2. The van der Waals surface area contributed by atoms with Crippen LogP contribution in [0.2, 0.25) is 0 Å². The minimum absolute atomic E-state index is 0.0488. The van der Waals surface area contributed by atoms with Crippen molar-refractivity contribution in [1.29, 1.82) is 0 Å². The number of benzene rings is 1. The molecule has 0 heterocycles. The second kappa shape index (κ2) is 4.91. The molecular formula is C8H11N5O2. The Labute approximate surface area is 85.9 Å². The molecule has 0 aliphatic heterocycles. The topological polar surface area (TPSA) is 120 Å². The quantitative estimate of drug-likeness (QED) is 0.210. The lowest BCUT2D eigenvalue weighted by Crippen LogP contribution is -2.37. The molecule has 0 saturated heterocycles. The van der Waals surface area contributed by atoms with Gasteiger partial charge in [0.15, 0.2) is 0 Å². The molecule has 15 heavy (non-hydrogen) atoms. The first-order valence-corrected chi connectivity index (χ1v) is 4.13. The number of nitro groups is 1. The number of aliphatic imine (C=N–C) groups is 1. The molecule has 0 atom stereocenters. The molecule has 0 saturated carbocycles. The summed E-state index contributed by atoms with van der Waals surface area (Å²) in [6, 6.07) is 6.06. The third-order valence-corrected chi connectivity index (χ3v) is 1.73. The lowest BCUT2D eigenvalue weighted by Gasteiger charge is -1.99. The van der Waals surface area contributed by atoms with Crippen LogP contribution in [-0.4, -0.2) is 10.9 Å². The Bertz CT molecular complexity index is 373. The Morgan fingerprint density at radius 1 is 1.47 bits per heavy atom. The minimum atomic E-state index is -0.456. The zero-order valence-corrected chi connectivity index (χ0v) is 7.88. The molecule has 7 nitrogen and oxygen atoms in total. The molecule has 0 amide bonds. The van der Waals surface area contributed by atoms with Gasteiger partial charge in [0, 0.05) is 12.1 Å². The molecule has 7 heteroatoms. The van der Waals surface area contributed by atoms with Crippen molar-refractivity contribution in [2.24, 2.45) is 16.6 Å². The first-order chi connectivity index (χ1) is 7.13. The third kappa shape index (κ3) is 3.24. The number of hydrazine groups is 1. The van der Waals surface area contributed by atoms with Crippen molar-refractivity contribution in [1.82, 2.24) is 5.43 Å². The molecule has 0 fully saturated rings. The fourth-order valence-corrected chi connectivity index (χ4v) is 0.945. The molecule has 1 aromatic carbocycles. The maximum Gasteiger partial charge on any atom is 0.269 e. The number of rotatable bonds is 3. The fourth-order valence-electron chi connectivity index (χ4n) is 0.945. The molecule has 0 bridgehead atoms. The van der Waals surface area contributed by atoms with E-state index in [2.05, 4.69) is 10.4 Å². The molecule has 0 unspecified atom stereocenters. The van der Waals surface area contributed by atoms with E-state index in [1.54, 1.807) is 12.1 Å². The van der Waals surface area contributed by atoms with E-state index in [9.17, 15) is 10.1 Å². The zero-order valence-electron chi connectivity index (χ0n) is 7.88. The number of nitro benzene ring substituents is 1. The average molecular weight is 209 g/mol. The van der Waals surface area contributed by atoms with Crippen LogP contribution in [0.4, 0.5) is 5.69 Å². The van der Waals surface area contributed by atoms with Gasteiger partial charge in [-0.15, -0.1) is 0 Å². The molecular weight excluding hydrogens is 198 g/mol. The van der Waals surface area contributed by atoms with Crippen molar-refractivity contribution in [3.8, 4) is 0 Å². The van der Waals surface area contributed by atoms with E-state index in [1.165, 1.54) is 12.1 Å². The van der Waals surface area contributed by atoms with Gasteiger partial charge in [0.2, 0.25) is 5.96 Å². The van der Waals surface area contributed by atoms with Gasteiger partial charge in [0.25, 0.3) is 5.69 Å². The molecule has 1 aromatic rings. The maximum atomic E-state index is 10.4. The van der Waals surface area contributed by atoms with Gasteiger partial charge in [-0.2, -0.15) is 0 Å². The van der Waals surface area contributed by atoms with E-state index in [4.69, 9.17) is 11.6 Å².